The van der Waals surface area contributed by atoms with E-state index >= 15 is 0 Å². The van der Waals surface area contributed by atoms with Gasteiger partial charge in [-0.05, 0) is 41.0 Å². The molecule has 128 valence electrons. The van der Waals surface area contributed by atoms with E-state index in [0.717, 1.165) is 35.8 Å². The van der Waals surface area contributed by atoms with E-state index in [0.29, 0.717) is 12.3 Å². The Labute approximate surface area is 149 Å². The van der Waals surface area contributed by atoms with Gasteiger partial charge in [0.2, 0.25) is 12.7 Å². The molecule has 0 saturated carbocycles. The molecule has 0 N–H and O–H groups in total. The van der Waals surface area contributed by atoms with Crippen LogP contribution < -0.4 is 14.2 Å². The van der Waals surface area contributed by atoms with Gasteiger partial charge in [0, 0.05) is 13.0 Å². The van der Waals surface area contributed by atoms with Crippen molar-refractivity contribution in [1.29, 1.82) is 0 Å². The molecule has 5 rings (SSSR count). The van der Waals surface area contributed by atoms with Gasteiger partial charge >= 0.3 is 0 Å². The molecule has 0 aromatic heterocycles. The minimum Gasteiger partial charge on any atom is -0.493 e. The van der Waals surface area contributed by atoms with Crippen molar-refractivity contribution in [1.82, 2.24) is 4.90 Å². The van der Waals surface area contributed by atoms with Gasteiger partial charge in [-0.3, -0.25) is 4.79 Å². The maximum atomic E-state index is 12.5. The quantitative estimate of drug-likeness (QED) is 0.847. The first-order valence-corrected chi connectivity index (χ1v) is 9.38. The van der Waals surface area contributed by atoms with Crippen LogP contribution in [0, 0.1) is 0 Å². The average molecular weight is 355 g/mol. The Bertz CT molecular complexity index is 853. The second-order valence-electron chi connectivity index (χ2n) is 6.34. The zero-order chi connectivity index (χ0) is 16.8. The van der Waals surface area contributed by atoms with E-state index in [4.69, 9.17) is 14.2 Å². The third-order valence-corrected chi connectivity index (χ3v) is 6.01. The van der Waals surface area contributed by atoms with Gasteiger partial charge in [0.1, 0.15) is 11.1 Å². The summed E-state index contributed by atoms with van der Waals surface area (Å²) in [6.07, 6.45) is 0.941. The van der Waals surface area contributed by atoms with Crippen LogP contribution in [0.2, 0.25) is 0 Å². The second-order valence-corrected chi connectivity index (χ2v) is 7.41. The van der Waals surface area contributed by atoms with Crippen molar-refractivity contribution < 1.29 is 19.0 Å². The number of amides is 1. The van der Waals surface area contributed by atoms with Gasteiger partial charge in [-0.2, -0.15) is 0 Å². The third kappa shape index (κ3) is 2.61. The van der Waals surface area contributed by atoms with E-state index < -0.39 is 0 Å². The highest BCUT2D eigenvalue weighted by atomic mass is 32.2. The Morgan fingerprint density at radius 2 is 1.92 bits per heavy atom. The van der Waals surface area contributed by atoms with E-state index in [1.165, 1.54) is 11.1 Å². The number of ether oxygens (including phenoxy) is 3. The maximum absolute atomic E-state index is 12.5. The summed E-state index contributed by atoms with van der Waals surface area (Å²) in [5, 5.41) is 0.0452. The monoisotopic (exact) mass is 355 g/mol. The highest BCUT2D eigenvalue weighted by Crippen LogP contribution is 2.42. The summed E-state index contributed by atoms with van der Waals surface area (Å²) in [4.78, 5) is 14.4. The lowest BCUT2D eigenvalue weighted by molar-refractivity contribution is -0.128. The number of thioether (sulfide) groups is 1. The molecule has 1 atom stereocenters. The van der Waals surface area contributed by atoms with Crippen molar-refractivity contribution in [2.75, 3.05) is 19.2 Å². The SMILES string of the molecule is O=C1CSC(c2ccc3c(c2)CCO3)N1Cc1ccc2c(c1)OCO2. The zero-order valence-electron chi connectivity index (χ0n) is 13.6. The number of carbonyl (C=O) groups excluding carboxylic acids is 1. The van der Waals surface area contributed by atoms with Crippen LogP contribution in [0.15, 0.2) is 36.4 Å². The Morgan fingerprint density at radius 1 is 1.04 bits per heavy atom. The first kappa shape index (κ1) is 15.0. The van der Waals surface area contributed by atoms with E-state index in [2.05, 4.69) is 12.1 Å². The molecule has 3 aliphatic rings. The van der Waals surface area contributed by atoms with Crippen LogP contribution in [0.3, 0.4) is 0 Å². The predicted octanol–water partition coefficient (Wildman–Crippen LogP) is 3.12. The fourth-order valence-corrected chi connectivity index (χ4v) is 4.67. The third-order valence-electron chi connectivity index (χ3n) is 4.76. The summed E-state index contributed by atoms with van der Waals surface area (Å²) in [5.74, 6) is 3.18. The Morgan fingerprint density at radius 3 is 2.88 bits per heavy atom. The molecule has 1 amide bonds. The fourth-order valence-electron chi connectivity index (χ4n) is 3.50. The van der Waals surface area contributed by atoms with Crippen molar-refractivity contribution in [3.05, 3.63) is 53.1 Å². The highest BCUT2D eigenvalue weighted by molar-refractivity contribution is 8.00. The van der Waals surface area contributed by atoms with Gasteiger partial charge in [0.15, 0.2) is 11.5 Å². The highest BCUT2D eigenvalue weighted by Gasteiger charge is 2.33. The lowest BCUT2D eigenvalue weighted by Gasteiger charge is -2.25. The van der Waals surface area contributed by atoms with Gasteiger partial charge in [-0.15, -0.1) is 11.8 Å². The van der Waals surface area contributed by atoms with Crippen LogP contribution in [0.25, 0.3) is 0 Å². The van der Waals surface area contributed by atoms with Gasteiger partial charge in [-0.25, -0.2) is 0 Å². The first-order valence-electron chi connectivity index (χ1n) is 8.33. The van der Waals surface area contributed by atoms with Gasteiger partial charge in [-0.1, -0.05) is 12.1 Å². The topological polar surface area (TPSA) is 48.0 Å². The molecule has 0 radical (unpaired) electrons. The van der Waals surface area contributed by atoms with Crippen molar-refractivity contribution >= 4 is 17.7 Å². The summed E-state index contributed by atoms with van der Waals surface area (Å²) in [7, 11) is 0. The van der Waals surface area contributed by atoms with Crippen molar-refractivity contribution in [2.24, 2.45) is 0 Å². The number of hydrogen-bond donors (Lipinski definition) is 0. The molecule has 5 nitrogen and oxygen atoms in total. The number of carbonyl (C=O) groups is 1. The molecule has 0 bridgehead atoms. The molecular formula is C19H17NO4S. The van der Waals surface area contributed by atoms with Gasteiger partial charge < -0.3 is 19.1 Å². The van der Waals surface area contributed by atoms with Crippen LogP contribution in [0.4, 0.5) is 0 Å². The van der Waals surface area contributed by atoms with Gasteiger partial charge in [0.05, 0.1) is 12.4 Å². The number of rotatable bonds is 3. The maximum Gasteiger partial charge on any atom is 0.234 e. The average Bonchev–Trinajstić information content (AvgIpc) is 3.34. The fraction of sp³-hybridized carbons (Fsp3) is 0.316. The summed E-state index contributed by atoms with van der Waals surface area (Å²) < 4.78 is 16.4. The minimum absolute atomic E-state index is 0.0452. The normalized spacial score (nSPS) is 20.7. The number of hydrogen-bond acceptors (Lipinski definition) is 5. The molecular weight excluding hydrogens is 338 g/mol. The van der Waals surface area contributed by atoms with Crippen LogP contribution in [-0.2, 0) is 17.8 Å². The van der Waals surface area contributed by atoms with E-state index in [9.17, 15) is 4.79 Å². The molecule has 25 heavy (non-hydrogen) atoms. The van der Waals surface area contributed by atoms with E-state index in [1.807, 2.05) is 29.2 Å². The number of nitrogens with zero attached hydrogens (tertiary/aromatic N) is 1. The smallest absolute Gasteiger partial charge is 0.234 e. The molecule has 2 aromatic rings. The van der Waals surface area contributed by atoms with Crippen LogP contribution >= 0.6 is 11.8 Å². The van der Waals surface area contributed by atoms with Gasteiger partial charge in [0.25, 0.3) is 0 Å². The molecule has 0 aliphatic carbocycles. The molecule has 2 aromatic carbocycles. The van der Waals surface area contributed by atoms with Crippen molar-refractivity contribution in [3.63, 3.8) is 0 Å². The summed E-state index contributed by atoms with van der Waals surface area (Å²) in [6.45, 7) is 1.58. The number of fused-ring (bicyclic) bond motifs is 2. The molecule has 3 aliphatic heterocycles. The standard InChI is InChI=1S/C19H17NO4S/c21-18-10-25-19(14-2-4-15-13(8-14)5-6-22-15)20(18)9-12-1-3-16-17(7-12)24-11-23-16/h1-4,7-8,19H,5-6,9-11H2. The molecule has 0 spiro atoms. The van der Waals surface area contributed by atoms with E-state index in [-0.39, 0.29) is 18.1 Å². The van der Waals surface area contributed by atoms with Crippen LogP contribution in [0.5, 0.6) is 17.2 Å². The van der Waals surface area contributed by atoms with Crippen molar-refractivity contribution in [2.45, 2.75) is 18.3 Å². The first-order chi connectivity index (χ1) is 12.3. The Kier molecular flexibility index (Phi) is 3.52. The Balaban J connectivity index is 1.42. The van der Waals surface area contributed by atoms with Crippen LogP contribution in [0.1, 0.15) is 22.1 Å². The predicted molar refractivity (Wildman–Crippen MR) is 94.0 cm³/mol. The summed E-state index contributed by atoms with van der Waals surface area (Å²) in [6, 6.07) is 12.2. The minimum atomic E-state index is 0.0452. The lowest BCUT2D eigenvalue weighted by atomic mass is 10.1. The second kappa shape index (κ2) is 5.88. The molecule has 1 fully saturated rings. The lowest BCUT2D eigenvalue weighted by Crippen LogP contribution is -2.27. The molecule has 1 saturated heterocycles. The largest absolute Gasteiger partial charge is 0.493 e. The molecule has 6 heteroatoms. The summed E-state index contributed by atoms with van der Waals surface area (Å²) >= 11 is 1.68. The van der Waals surface area contributed by atoms with Crippen molar-refractivity contribution in [3.8, 4) is 17.2 Å². The zero-order valence-corrected chi connectivity index (χ0v) is 14.4. The van der Waals surface area contributed by atoms with E-state index in [1.54, 1.807) is 11.8 Å². The molecule has 3 heterocycles. The molecule has 1 unspecified atom stereocenters. The number of benzene rings is 2. The summed E-state index contributed by atoms with van der Waals surface area (Å²) in [5.41, 5.74) is 3.45. The Hall–Kier alpha value is -2.34. The van der Waals surface area contributed by atoms with Crippen LogP contribution in [-0.4, -0.2) is 30.0 Å².